The van der Waals surface area contributed by atoms with Gasteiger partial charge in [0.2, 0.25) is 8.32 Å². The highest BCUT2D eigenvalue weighted by Crippen LogP contribution is 2.09. The standard InChI is InChI=1S/C6H14O2SSi/c1-6(2)9(7)8-10(3,4)5/h1H2,2-5H3. The monoisotopic (exact) mass is 178 g/mol. The van der Waals surface area contributed by atoms with E-state index in [0.717, 1.165) is 0 Å². The van der Waals surface area contributed by atoms with Crippen LogP contribution in [0.3, 0.4) is 0 Å². The van der Waals surface area contributed by atoms with Gasteiger partial charge in [-0.05, 0) is 26.6 Å². The minimum Gasteiger partial charge on any atom is -0.332 e. The van der Waals surface area contributed by atoms with Crippen LogP contribution in [0.25, 0.3) is 0 Å². The van der Waals surface area contributed by atoms with Crippen molar-refractivity contribution in [1.82, 2.24) is 0 Å². The molecule has 0 bridgehead atoms. The fourth-order valence-corrected chi connectivity index (χ4v) is 2.68. The lowest BCUT2D eigenvalue weighted by molar-refractivity contribution is 0.569. The molecule has 4 heteroatoms. The van der Waals surface area contributed by atoms with Gasteiger partial charge in [0.1, 0.15) is 0 Å². The third-order valence-corrected chi connectivity index (χ3v) is 3.78. The van der Waals surface area contributed by atoms with Crippen molar-refractivity contribution >= 4 is 19.4 Å². The summed E-state index contributed by atoms with van der Waals surface area (Å²) in [6.07, 6.45) is 0. The number of allylic oxidation sites excluding steroid dienone is 1. The summed E-state index contributed by atoms with van der Waals surface area (Å²) in [6, 6.07) is 0. The van der Waals surface area contributed by atoms with Gasteiger partial charge in [0.05, 0.1) is 0 Å². The highest BCUT2D eigenvalue weighted by atomic mass is 32.2. The van der Waals surface area contributed by atoms with Crippen LogP contribution in [0, 0.1) is 0 Å². The Morgan fingerprint density at radius 1 is 1.50 bits per heavy atom. The fourth-order valence-electron chi connectivity index (χ4n) is 0.298. The van der Waals surface area contributed by atoms with Crippen molar-refractivity contribution in [1.29, 1.82) is 0 Å². The predicted molar refractivity (Wildman–Crippen MR) is 47.4 cm³/mol. The van der Waals surface area contributed by atoms with E-state index in [2.05, 4.69) is 6.58 Å². The van der Waals surface area contributed by atoms with Crippen molar-refractivity contribution in [2.45, 2.75) is 26.6 Å². The second-order valence-electron chi connectivity index (χ2n) is 3.13. The summed E-state index contributed by atoms with van der Waals surface area (Å²) in [5.74, 6) is 0. The van der Waals surface area contributed by atoms with Gasteiger partial charge in [0.15, 0.2) is 11.1 Å². The van der Waals surface area contributed by atoms with E-state index in [9.17, 15) is 4.21 Å². The van der Waals surface area contributed by atoms with Crippen LogP contribution in [0.2, 0.25) is 19.6 Å². The molecular weight excluding hydrogens is 164 g/mol. The van der Waals surface area contributed by atoms with Crippen LogP contribution in [0.4, 0.5) is 0 Å². The van der Waals surface area contributed by atoms with Gasteiger partial charge in [-0.15, -0.1) is 0 Å². The molecule has 1 atom stereocenters. The predicted octanol–water partition coefficient (Wildman–Crippen LogP) is 2.04. The Balaban J connectivity index is 3.93. The second kappa shape index (κ2) is 3.46. The third-order valence-electron chi connectivity index (χ3n) is 0.610. The van der Waals surface area contributed by atoms with E-state index in [1.165, 1.54) is 0 Å². The number of hydrogen-bond donors (Lipinski definition) is 0. The van der Waals surface area contributed by atoms with Gasteiger partial charge in [-0.25, -0.2) is 4.21 Å². The SMILES string of the molecule is C=C(C)S(=O)O[Si](C)(C)C. The molecule has 0 spiro atoms. The summed E-state index contributed by atoms with van der Waals surface area (Å²) in [5.41, 5.74) is 0. The summed E-state index contributed by atoms with van der Waals surface area (Å²) < 4.78 is 16.2. The first-order chi connectivity index (χ1) is 4.33. The van der Waals surface area contributed by atoms with Crippen LogP contribution < -0.4 is 0 Å². The van der Waals surface area contributed by atoms with Gasteiger partial charge in [0, 0.05) is 4.91 Å². The van der Waals surface area contributed by atoms with E-state index >= 15 is 0 Å². The van der Waals surface area contributed by atoms with Crippen molar-refractivity contribution in [3.05, 3.63) is 11.5 Å². The van der Waals surface area contributed by atoms with Crippen LogP contribution in [0.1, 0.15) is 6.92 Å². The maximum Gasteiger partial charge on any atom is 0.205 e. The zero-order valence-corrected chi connectivity index (χ0v) is 8.75. The largest absolute Gasteiger partial charge is 0.332 e. The molecule has 10 heavy (non-hydrogen) atoms. The van der Waals surface area contributed by atoms with Crippen molar-refractivity contribution in [3.63, 3.8) is 0 Å². The summed E-state index contributed by atoms with van der Waals surface area (Å²) in [6.45, 7) is 11.2. The van der Waals surface area contributed by atoms with Crippen LogP contribution in [0.5, 0.6) is 0 Å². The smallest absolute Gasteiger partial charge is 0.205 e. The van der Waals surface area contributed by atoms with E-state index < -0.39 is 19.4 Å². The molecular formula is C6H14O2SSi. The molecule has 0 heterocycles. The van der Waals surface area contributed by atoms with Crippen LogP contribution in [-0.4, -0.2) is 12.5 Å². The van der Waals surface area contributed by atoms with Crippen LogP contribution in [0.15, 0.2) is 11.5 Å². The Morgan fingerprint density at radius 2 is 1.90 bits per heavy atom. The highest BCUT2D eigenvalue weighted by molar-refractivity contribution is 7.85. The summed E-state index contributed by atoms with van der Waals surface area (Å²) in [5, 5.41) is 0. The lowest BCUT2D eigenvalue weighted by Crippen LogP contribution is -2.26. The van der Waals surface area contributed by atoms with Gasteiger partial charge in [-0.2, -0.15) is 0 Å². The molecule has 0 aliphatic carbocycles. The Bertz CT molecular complexity index is 160. The zero-order valence-electron chi connectivity index (χ0n) is 6.93. The molecule has 2 nitrogen and oxygen atoms in total. The topological polar surface area (TPSA) is 26.3 Å². The minimum atomic E-state index is -1.64. The van der Waals surface area contributed by atoms with Gasteiger partial charge in [0.25, 0.3) is 0 Å². The molecule has 0 saturated carbocycles. The molecule has 0 radical (unpaired) electrons. The highest BCUT2D eigenvalue weighted by Gasteiger charge is 2.18. The van der Waals surface area contributed by atoms with Gasteiger partial charge >= 0.3 is 0 Å². The molecule has 0 saturated heterocycles. The molecule has 0 aliphatic heterocycles. The van der Waals surface area contributed by atoms with E-state index in [1.807, 2.05) is 19.6 Å². The summed E-state index contributed by atoms with van der Waals surface area (Å²) >= 11 is -1.27. The maximum absolute atomic E-state index is 11.0. The Kier molecular flexibility index (Phi) is 3.48. The Labute approximate surface area is 66.1 Å². The average Bonchev–Trinajstić information content (AvgIpc) is 1.60. The van der Waals surface area contributed by atoms with Crippen molar-refractivity contribution in [2.75, 3.05) is 0 Å². The normalized spacial score (nSPS) is 14.8. The van der Waals surface area contributed by atoms with Gasteiger partial charge < -0.3 is 3.87 Å². The first kappa shape index (κ1) is 10.1. The van der Waals surface area contributed by atoms with Crippen molar-refractivity contribution in [3.8, 4) is 0 Å². The first-order valence-electron chi connectivity index (χ1n) is 3.10. The van der Waals surface area contributed by atoms with Crippen LogP contribution in [-0.2, 0) is 15.0 Å². The van der Waals surface area contributed by atoms with E-state index in [0.29, 0.717) is 4.91 Å². The van der Waals surface area contributed by atoms with Gasteiger partial charge in [-0.1, -0.05) is 6.58 Å². The lowest BCUT2D eigenvalue weighted by Gasteiger charge is -2.14. The molecule has 0 aromatic heterocycles. The molecule has 0 amide bonds. The molecule has 0 fully saturated rings. The molecule has 0 aliphatic rings. The molecule has 1 unspecified atom stereocenters. The third kappa shape index (κ3) is 4.90. The first-order valence-corrected chi connectivity index (χ1v) is 7.58. The minimum absolute atomic E-state index is 0.586. The zero-order chi connectivity index (χ0) is 8.36. The Hall–Kier alpha value is 0.0669. The summed E-state index contributed by atoms with van der Waals surface area (Å²) in [7, 11) is -1.64. The molecule has 0 aromatic carbocycles. The average molecular weight is 178 g/mol. The van der Waals surface area contributed by atoms with Crippen LogP contribution >= 0.6 is 0 Å². The molecule has 0 rings (SSSR count). The quantitative estimate of drug-likeness (QED) is 0.618. The molecule has 60 valence electrons. The molecule has 0 aromatic rings. The Morgan fingerprint density at radius 3 is 2.00 bits per heavy atom. The van der Waals surface area contributed by atoms with Gasteiger partial charge in [-0.3, -0.25) is 0 Å². The number of rotatable bonds is 3. The molecule has 0 N–H and O–H groups in total. The van der Waals surface area contributed by atoms with E-state index in [1.54, 1.807) is 6.92 Å². The maximum atomic E-state index is 11.0. The summed E-state index contributed by atoms with van der Waals surface area (Å²) in [4.78, 5) is 0.586. The second-order valence-corrected chi connectivity index (χ2v) is 9.19. The van der Waals surface area contributed by atoms with Crippen molar-refractivity contribution < 1.29 is 8.08 Å². The van der Waals surface area contributed by atoms with E-state index in [-0.39, 0.29) is 0 Å². The number of hydrogen-bond acceptors (Lipinski definition) is 2. The fraction of sp³-hybridized carbons (Fsp3) is 0.667. The van der Waals surface area contributed by atoms with E-state index in [4.69, 9.17) is 3.87 Å². The van der Waals surface area contributed by atoms with Crippen molar-refractivity contribution in [2.24, 2.45) is 0 Å². The lowest BCUT2D eigenvalue weighted by atomic mass is 10.8.